The Morgan fingerprint density at radius 3 is 2.60 bits per heavy atom. The van der Waals surface area contributed by atoms with Crippen LogP contribution in [0.2, 0.25) is 0 Å². The first kappa shape index (κ1) is 20.6. The number of benzene rings is 1. The van der Waals surface area contributed by atoms with Crippen LogP contribution < -0.4 is 0 Å². The maximum Gasteiger partial charge on any atom is 0.227 e. The number of nitrogens with zero attached hydrogens (tertiary/aromatic N) is 4. The van der Waals surface area contributed by atoms with Gasteiger partial charge >= 0.3 is 0 Å². The molecule has 2 saturated heterocycles. The molecule has 6 heteroatoms. The molecule has 2 fully saturated rings. The summed E-state index contributed by atoms with van der Waals surface area (Å²) in [5, 5.41) is 4.30. The standard InChI is InChI=1S/C24H32N4O2/c29-23-10-9-22(19-27(23)14-4-8-20-6-2-1-3-7-20)24(30)26-16-11-21(12-17-26)18-28-15-5-13-25-28/h1-3,5-7,13,15,21-22H,4,8-12,14,16-19H2. The predicted molar refractivity (Wildman–Crippen MR) is 116 cm³/mol. The van der Waals surface area contributed by atoms with E-state index in [-0.39, 0.29) is 17.7 Å². The predicted octanol–water partition coefficient (Wildman–Crippen LogP) is 2.99. The first-order valence-electron chi connectivity index (χ1n) is 11.3. The van der Waals surface area contributed by atoms with Gasteiger partial charge in [0.1, 0.15) is 0 Å². The number of piperidine rings is 2. The maximum absolute atomic E-state index is 13.1. The van der Waals surface area contributed by atoms with Gasteiger partial charge in [0.2, 0.25) is 11.8 Å². The van der Waals surface area contributed by atoms with Crippen molar-refractivity contribution in [2.24, 2.45) is 11.8 Å². The van der Waals surface area contributed by atoms with Gasteiger partial charge in [-0.1, -0.05) is 30.3 Å². The van der Waals surface area contributed by atoms with Gasteiger partial charge in [-0.15, -0.1) is 0 Å². The highest BCUT2D eigenvalue weighted by Gasteiger charge is 2.34. The van der Waals surface area contributed by atoms with Crippen LogP contribution in [-0.4, -0.2) is 57.6 Å². The summed E-state index contributed by atoms with van der Waals surface area (Å²) in [5.41, 5.74) is 1.30. The van der Waals surface area contributed by atoms with E-state index in [9.17, 15) is 9.59 Å². The van der Waals surface area contributed by atoms with Crippen molar-refractivity contribution in [2.75, 3.05) is 26.2 Å². The molecule has 1 atom stereocenters. The minimum absolute atomic E-state index is 0.0397. The monoisotopic (exact) mass is 408 g/mol. The molecular weight excluding hydrogens is 376 g/mol. The Balaban J connectivity index is 1.23. The van der Waals surface area contributed by atoms with E-state index in [1.165, 1.54) is 5.56 Å². The maximum atomic E-state index is 13.1. The molecule has 2 aromatic rings. The zero-order valence-corrected chi connectivity index (χ0v) is 17.7. The number of carbonyl (C=O) groups is 2. The Kier molecular flexibility index (Phi) is 6.82. The van der Waals surface area contributed by atoms with Gasteiger partial charge in [0, 0.05) is 51.5 Å². The van der Waals surface area contributed by atoms with E-state index >= 15 is 0 Å². The van der Waals surface area contributed by atoms with E-state index in [1.54, 1.807) is 0 Å². The number of hydrogen-bond acceptors (Lipinski definition) is 3. The van der Waals surface area contributed by atoms with Gasteiger partial charge in [-0.25, -0.2) is 0 Å². The number of hydrogen-bond donors (Lipinski definition) is 0. The van der Waals surface area contributed by atoms with Crippen LogP contribution in [0.25, 0.3) is 0 Å². The van der Waals surface area contributed by atoms with Crippen LogP contribution in [0.3, 0.4) is 0 Å². The summed E-state index contributed by atoms with van der Waals surface area (Å²) in [6.07, 6.45) is 8.97. The Hall–Kier alpha value is -2.63. The number of rotatable bonds is 7. The molecule has 0 bridgehead atoms. The fourth-order valence-electron chi connectivity index (χ4n) is 4.72. The highest BCUT2D eigenvalue weighted by molar-refractivity contribution is 5.84. The lowest BCUT2D eigenvalue weighted by atomic mass is 9.92. The summed E-state index contributed by atoms with van der Waals surface area (Å²) in [5.74, 6) is 0.983. The van der Waals surface area contributed by atoms with Crippen LogP contribution in [0, 0.1) is 11.8 Å². The molecule has 160 valence electrons. The summed E-state index contributed by atoms with van der Waals surface area (Å²) in [7, 11) is 0. The number of amides is 2. The fraction of sp³-hybridized carbons (Fsp3) is 0.542. The molecule has 1 aromatic carbocycles. The molecule has 2 amide bonds. The average Bonchev–Trinajstić information content (AvgIpc) is 3.29. The molecule has 1 unspecified atom stereocenters. The number of likely N-dealkylation sites (tertiary alicyclic amines) is 2. The van der Waals surface area contributed by atoms with Gasteiger partial charge in [0.25, 0.3) is 0 Å². The van der Waals surface area contributed by atoms with Crippen LogP contribution in [0.1, 0.15) is 37.7 Å². The molecule has 0 saturated carbocycles. The second-order valence-corrected chi connectivity index (χ2v) is 8.66. The van der Waals surface area contributed by atoms with Crippen LogP contribution in [0.4, 0.5) is 0 Å². The number of aryl methyl sites for hydroxylation is 1. The van der Waals surface area contributed by atoms with E-state index in [0.29, 0.717) is 25.3 Å². The van der Waals surface area contributed by atoms with Crippen molar-refractivity contribution in [2.45, 2.75) is 45.1 Å². The fourth-order valence-corrected chi connectivity index (χ4v) is 4.72. The second-order valence-electron chi connectivity index (χ2n) is 8.66. The van der Waals surface area contributed by atoms with E-state index in [4.69, 9.17) is 0 Å². The van der Waals surface area contributed by atoms with Gasteiger partial charge in [-0.2, -0.15) is 5.10 Å². The Morgan fingerprint density at radius 2 is 1.87 bits per heavy atom. The van der Waals surface area contributed by atoms with Gasteiger partial charge in [0.05, 0.1) is 5.92 Å². The average molecular weight is 409 g/mol. The Bertz CT molecular complexity index is 813. The van der Waals surface area contributed by atoms with Crippen molar-refractivity contribution in [3.05, 3.63) is 54.4 Å². The van der Waals surface area contributed by atoms with Gasteiger partial charge in [-0.3, -0.25) is 14.3 Å². The minimum atomic E-state index is -0.0397. The van der Waals surface area contributed by atoms with Gasteiger partial charge in [-0.05, 0) is 49.7 Å². The minimum Gasteiger partial charge on any atom is -0.342 e. The van der Waals surface area contributed by atoms with Crippen molar-refractivity contribution in [3.8, 4) is 0 Å². The van der Waals surface area contributed by atoms with E-state index in [0.717, 1.165) is 51.9 Å². The van der Waals surface area contributed by atoms with Crippen molar-refractivity contribution in [1.82, 2.24) is 19.6 Å². The molecule has 0 aliphatic carbocycles. The molecule has 6 nitrogen and oxygen atoms in total. The second kappa shape index (κ2) is 9.92. The SMILES string of the molecule is O=C1CCC(C(=O)N2CCC(Cn3cccn3)CC2)CN1CCCc1ccccc1. The van der Waals surface area contributed by atoms with Crippen LogP contribution in [0.5, 0.6) is 0 Å². The van der Waals surface area contributed by atoms with Crippen LogP contribution >= 0.6 is 0 Å². The van der Waals surface area contributed by atoms with Gasteiger partial charge < -0.3 is 9.80 Å². The molecule has 0 radical (unpaired) electrons. The summed E-state index contributed by atoms with van der Waals surface area (Å²) < 4.78 is 1.99. The van der Waals surface area contributed by atoms with Crippen molar-refractivity contribution in [3.63, 3.8) is 0 Å². The first-order valence-corrected chi connectivity index (χ1v) is 11.3. The Labute approximate surface area is 178 Å². The highest BCUT2D eigenvalue weighted by atomic mass is 16.2. The normalized spacial score (nSPS) is 20.5. The zero-order valence-electron chi connectivity index (χ0n) is 17.7. The summed E-state index contributed by atoms with van der Waals surface area (Å²) >= 11 is 0. The lowest BCUT2D eigenvalue weighted by Crippen LogP contribution is -2.49. The summed E-state index contributed by atoms with van der Waals surface area (Å²) in [6.45, 7) is 3.90. The van der Waals surface area contributed by atoms with E-state index < -0.39 is 0 Å². The molecule has 30 heavy (non-hydrogen) atoms. The summed E-state index contributed by atoms with van der Waals surface area (Å²) in [6, 6.07) is 12.3. The molecular formula is C24H32N4O2. The third-order valence-electron chi connectivity index (χ3n) is 6.52. The molecule has 2 aliphatic heterocycles. The molecule has 1 aromatic heterocycles. The molecule has 4 rings (SSSR count). The zero-order chi connectivity index (χ0) is 20.8. The van der Waals surface area contributed by atoms with Crippen molar-refractivity contribution >= 4 is 11.8 Å². The lowest BCUT2D eigenvalue weighted by Gasteiger charge is -2.37. The van der Waals surface area contributed by atoms with Crippen molar-refractivity contribution < 1.29 is 9.59 Å². The van der Waals surface area contributed by atoms with E-state index in [1.807, 2.05) is 51.1 Å². The largest absolute Gasteiger partial charge is 0.342 e. The van der Waals surface area contributed by atoms with Crippen LogP contribution in [-0.2, 0) is 22.6 Å². The summed E-state index contributed by atoms with van der Waals surface area (Å²) in [4.78, 5) is 29.4. The first-order chi connectivity index (χ1) is 14.7. The molecule has 3 heterocycles. The number of carbonyl (C=O) groups excluding carboxylic acids is 2. The highest BCUT2D eigenvalue weighted by Crippen LogP contribution is 2.25. The van der Waals surface area contributed by atoms with E-state index in [2.05, 4.69) is 17.2 Å². The third kappa shape index (κ3) is 5.29. The third-order valence-corrected chi connectivity index (χ3v) is 6.52. The molecule has 0 spiro atoms. The quantitative estimate of drug-likeness (QED) is 0.708. The van der Waals surface area contributed by atoms with Gasteiger partial charge in [0.15, 0.2) is 0 Å². The molecule has 2 aliphatic rings. The lowest BCUT2D eigenvalue weighted by molar-refractivity contribution is -0.144. The number of aromatic nitrogens is 2. The smallest absolute Gasteiger partial charge is 0.227 e. The topological polar surface area (TPSA) is 58.4 Å². The Morgan fingerprint density at radius 1 is 1.07 bits per heavy atom. The van der Waals surface area contributed by atoms with Crippen LogP contribution in [0.15, 0.2) is 48.8 Å². The molecule has 0 N–H and O–H groups in total. The van der Waals surface area contributed by atoms with Crippen molar-refractivity contribution in [1.29, 1.82) is 0 Å².